The van der Waals surface area contributed by atoms with Crippen LogP contribution in [-0.4, -0.2) is 182 Å². The molecular formula is C113H120F5N15OS. The Bertz CT molecular complexity index is 6390. The van der Waals surface area contributed by atoms with Gasteiger partial charge in [0, 0.05) is 160 Å². The number of rotatable bonds is 17. The Kier molecular flexibility index (Phi) is 30.4. The first-order valence-corrected chi connectivity index (χ1v) is 48.2. The number of benzene rings is 5. The van der Waals surface area contributed by atoms with Crippen LogP contribution >= 0.6 is 11.3 Å². The van der Waals surface area contributed by atoms with E-state index in [0.29, 0.717) is 41.5 Å². The highest BCUT2D eigenvalue weighted by atomic mass is 32.1. The monoisotopic (exact) mass is 1830 g/mol. The molecule has 5 N–H and O–H groups in total. The van der Waals surface area contributed by atoms with Crippen molar-refractivity contribution in [3.63, 3.8) is 0 Å². The van der Waals surface area contributed by atoms with Crippen molar-refractivity contribution in [3.05, 3.63) is 337 Å². The first kappa shape index (κ1) is 94.0. The van der Waals surface area contributed by atoms with Crippen LogP contribution in [0.3, 0.4) is 0 Å². The normalized spacial score (nSPS) is 17.9. The molecule has 0 aliphatic carbocycles. The number of ether oxygens (including phenoxy) is 1. The molecule has 16 heterocycles. The van der Waals surface area contributed by atoms with Gasteiger partial charge in [-0.3, -0.25) is 24.9 Å². The molecule has 0 spiro atoms. The van der Waals surface area contributed by atoms with Gasteiger partial charge in [0.15, 0.2) is 0 Å². The Hall–Kier alpha value is -12.8. The van der Waals surface area contributed by atoms with E-state index in [9.17, 15) is 22.0 Å². The number of piperidine rings is 5. The van der Waals surface area contributed by atoms with E-state index in [4.69, 9.17) is 4.74 Å². The van der Waals surface area contributed by atoms with Crippen molar-refractivity contribution in [1.82, 2.24) is 74.3 Å². The third-order valence-electron chi connectivity index (χ3n) is 28.0. The van der Waals surface area contributed by atoms with Gasteiger partial charge in [-0.25, -0.2) is 8.78 Å². The van der Waals surface area contributed by atoms with Crippen molar-refractivity contribution in [2.24, 2.45) is 5.92 Å². The number of pyridine rings is 5. The second kappa shape index (κ2) is 43.7. The number of methoxy groups -OCH3 is 1. The molecule has 11 aromatic heterocycles. The Labute approximate surface area is 793 Å². The van der Waals surface area contributed by atoms with Crippen molar-refractivity contribution in [2.75, 3.05) is 101 Å². The minimum Gasteiger partial charge on any atom is -0.497 e. The number of likely N-dealkylation sites (tertiary alicyclic amines) is 5. The summed E-state index contributed by atoms with van der Waals surface area (Å²) in [5.74, 6) is 3.71. The van der Waals surface area contributed by atoms with Crippen molar-refractivity contribution < 1.29 is 26.7 Å². The van der Waals surface area contributed by atoms with Crippen LogP contribution in [0.25, 0.3) is 123 Å². The van der Waals surface area contributed by atoms with Gasteiger partial charge in [0.25, 0.3) is 0 Å². The number of thiophene rings is 1. The molecule has 5 saturated heterocycles. The summed E-state index contributed by atoms with van der Waals surface area (Å²) in [6.45, 7) is 14.7. The lowest BCUT2D eigenvalue weighted by molar-refractivity contribution is -0.137. The van der Waals surface area contributed by atoms with Gasteiger partial charge in [-0.2, -0.15) is 24.5 Å². The lowest BCUT2D eigenvalue weighted by Crippen LogP contribution is -2.36. The highest BCUT2D eigenvalue weighted by Crippen LogP contribution is 2.46. The lowest BCUT2D eigenvalue weighted by atomic mass is 9.84. The summed E-state index contributed by atoms with van der Waals surface area (Å²) < 4.78 is 70.9. The minimum absolute atomic E-state index is 0.213. The molecule has 0 amide bonds. The number of nitrogens with zero attached hydrogens (tertiary/aromatic N) is 10. The van der Waals surface area contributed by atoms with Crippen LogP contribution < -0.4 is 4.74 Å². The van der Waals surface area contributed by atoms with E-state index in [1.54, 1.807) is 30.8 Å². The van der Waals surface area contributed by atoms with Gasteiger partial charge < -0.3 is 54.2 Å². The molecule has 21 rings (SSSR count). The summed E-state index contributed by atoms with van der Waals surface area (Å²) in [5.41, 5.74) is 30.3. The summed E-state index contributed by atoms with van der Waals surface area (Å²) in [6.07, 6.45) is 24.3. The molecule has 5 aromatic carbocycles. The largest absolute Gasteiger partial charge is 0.497 e. The number of hydrogen-bond acceptors (Lipinski definition) is 12. The van der Waals surface area contributed by atoms with Crippen LogP contribution in [0.15, 0.2) is 291 Å². The topological polar surface area (TPSA) is 169 Å². The summed E-state index contributed by atoms with van der Waals surface area (Å²) in [6, 6.07) is 70.5. The average Bonchev–Trinajstić information content (AvgIpc) is 1.63. The first-order chi connectivity index (χ1) is 65.7. The zero-order valence-electron chi connectivity index (χ0n) is 78.2. The number of alkyl halides is 3. The van der Waals surface area contributed by atoms with Crippen LogP contribution in [-0.2, 0) is 6.18 Å². The quantitative estimate of drug-likeness (QED) is 0.0550. The van der Waals surface area contributed by atoms with Crippen LogP contribution in [0, 0.1) is 17.6 Å². The van der Waals surface area contributed by atoms with E-state index in [0.717, 1.165) is 169 Å². The zero-order chi connectivity index (χ0) is 93.5. The van der Waals surface area contributed by atoms with Crippen molar-refractivity contribution >= 4 is 11.3 Å². The average molecular weight is 1830 g/mol. The van der Waals surface area contributed by atoms with Gasteiger partial charge in [-0.05, 0) is 418 Å². The second-order valence-corrected chi connectivity index (χ2v) is 37.9. The number of H-pyrrole nitrogens is 5. The number of halogens is 5. The molecule has 16 nitrogen and oxygen atoms in total. The van der Waals surface area contributed by atoms with Crippen molar-refractivity contribution in [1.29, 1.82) is 0 Å². The third-order valence-corrected chi connectivity index (χ3v) is 28.6. The van der Waals surface area contributed by atoms with Gasteiger partial charge in [0.1, 0.15) is 17.4 Å². The molecule has 5 fully saturated rings. The molecule has 694 valence electrons. The summed E-state index contributed by atoms with van der Waals surface area (Å²) >= 11 is 1.74. The zero-order valence-corrected chi connectivity index (χ0v) is 79.0. The minimum atomic E-state index is -4.33. The molecule has 5 aliphatic heterocycles. The number of aromatic nitrogens is 10. The summed E-state index contributed by atoms with van der Waals surface area (Å²) in [7, 11) is 12.6. The highest BCUT2D eigenvalue weighted by molar-refractivity contribution is 7.08. The first-order valence-electron chi connectivity index (χ1n) is 47.2. The Morgan fingerprint density at radius 1 is 0.326 bits per heavy atom. The molecule has 135 heavy (non-hydrogen) atoms. The summed E-state index contributed by atoms with van der Waals surface area (Å²) in [4.78, 5) is 51.1. The van der Waals surface area contributed by atoms with Crippen LogP contribution in [0.2, 0.25) is 0 Å². The van der Waals surface area contributed by atoms with Crippen molar-refractivity contribution in [3.8, 4) is 129 Å². The predicted octanol–water partition coefficient (Wildman–Crippen LogP) is 26.4. The maximum absolute atomic E-state index is 13.4. The molecule has 0 radical (unpaired) electrons. The SMILES string of the molecule is CC1CC(c2cc(-c3ccncc3)c(-c3ccc(F)cc3)[nH]2)CCN1C.CC1CN(C)CCC1c1cc(-c2ccncc2)c(-c2ccc(F)cc2)[nH]1.CN1CCC(c2cc(-c3ccncc3)c(-c3ccc(-c4ccsc4)cc3)[nH]2)CC1.CN1CCC(c2cc(-c3ccncc3)c(-c3ccc(C(F)(F)F)cc3)[nH]2)CC1.COc1ccc(-c2[nH]c(C3CCN(C)CC3)cc2-c2ccncc2)cc1. The molecule has 4 atom stereocenters. The van der Waals surface area contributed by atoms with E-state index < -0.39 is 11.7 Å². The van der Waals surface area contributed by atoms with Gasteiger partial charge >= 0.3 is 6.18 Å². The number of nitrogens with one attached hydrogen (secondary N) is 5. The van der Waals surface area contributed by atoms with E-state index in [1.165, 1.54) is 154 Å². The van der Waals surface area contributed by atoms with Gasteiger partial charge in [0.2, 0.25) is 0 Å². The maximum atomic E-state index is 13.4. The lowest BCUT2D eigenvalue weighted by Gasteiger charge is -2.34. The Balaban J connectivity index is 0.000000117. The van der Waals surface area contributed by atoms with Gasteiger partial charge in [0.05, 0.1) is 41.1 Å². The van der Waals surface area contributed by atoms with E-state index in [2.05, 4.69) is 231 Å². The van der Waals surface area contributed by atoms with Crippen LogP contribution in [0.4, 0.5) is 22.0 Å². The highest BCUT2D eigenvalue weighted by Gasteiger charge is 2.34. The van der Waals surface area contributed by atoms with Gasteiger partial charge in [-0.1, -0.05) is 43.3 Å². The number of aromatic amines is 5. The van der Waals surface area contributed by atoms with Gasteiger partial charge in [-0.15, -0.1) is 0 Å². The summed E-state index contributed by atoms with van der Waals surface area (Å²) in [5, 5.41) is 4.33. The van der Waals surface area contributed by atoms with E-state index in [1.807, 2.05) is 122 Å². The maximum Gasteiger partial charge on any atom is 0.416 e. The molecule has 0 saturated carbocycles. The smallest absolute Gasteiger partial charge is 0.416 e. The fourth-order valence-corrected chi connectivity index (χ4v) is 20.5. The molecule has 4 unspecified atom stereocenters. The third kappa shape index (κ3) is 23.2. The Morgan fingerprint density at radius 3 is 0.941 bits per heavy atom. The predicted molar refractivity (Wildman–Crippen MR) is 539 cm³/mol. The fourth-order valence-electron chi connectivity index (χ4n) is 19.8. The molecular weight excluding hydrogens is 1710 g/mol. The molecule has 5 aliphatic rings. The number of hydrogen-bond donors (Lipinski definition) is 5. The second-order valence-electron chi connectivity index (χ2n) is 37.1. The molecule has 16 aromatic rings. The van der Waals surface area contributed by atoms with Crippen LogP contribution in [0.1, 0.15) is 135 Å². The fraction of sp³-hybridized carbons (Fsp3) is 0.301. The standard InChI is InChI=1S/C25H25N3S.C22H22F3N3.2C22H24FN3.C22H25N3O/c1-28-13-8-20(9-14-28)24-16-23(19-6-11-26-12-7-19)25(27-24)21-4-2-18(3-5-21)22-10-15-29-17-22;1-28-12-8-16(9-13-28)20-14-19(15-6-10-26-11-7-15)21(27-20)17-2-4-18(5-3-17)22(23,24)25;1-15-14-26(2)12-9-19(15)21-13-20(16-7-10-24-11-8-16)22(25-21)17-3-5-18(23)6-4-17;1-15-13-18(9-12-26(15)2)21-14-20(16-7-10-24-11-8-16)22(25-21)17-3-5-19(23)6-4-17;1-25-13-9-17(10-14-25)21-15-20(16-7-11-23-12-8-16)22(24-21)18-3-5-19(26-2)6-4-18/h2-7,10-12,15-17,20,27H,8-9,13-14H2,1H3;2-7,10-11,14,16,27H,8-9,12-13H2,1H3;3-8,10-11,13,15,19,25H,9,12,14H2,1-2H3;3-8,10-11,14-15,18,25H,9,12-13H2,1-2H3;3-8,11-12,15,17,24H,9-10,13-14H2,1-2H3. The van der Waals surface area contributed by atoms with E-state index >= 15 is 0 Å². The van der Waals surface area contributed by atoms with E-state index in [-0.39, 0.29) is 11.6 Å². The molecule has 22 heteroatoms. The van der Waals surface area contributed by atoms with Crippen LogP contribution in [0.5, 0.6) is 5.75 Å². The Morgan fingerprint density at radius 2 is 0.622 bits per heavy atom. The molecule has 0 bridgehead atoms. The van der Waals surface area contributed by atoms with Crippen molar-refractivity contribution in [2.45, 2.75) is 113 Å².